The predicted octanol–water partition coefficient (Wildman–Crippen LogP) is 1.81. The molecule has 0 fully saturated rings. The number of benzene rings is 1. The maximum absolute atomic E-state index is 12.1. The molecule has 2 aromatic rings. The number of hydrogen-bond acceptors (Lipinski definition) is 4. The lowest BCUT2D eigenvalue weighted by atomic mass is 10.2. The molecule has 1 heterocycles. The van der Waals surface area contributed by atoms with Gasteiger partial charge in [0.25, 0.3) is 5.56 Å². The molecule has 116 valence electrons. The Labute approximate surface area is 128 Å². The molecular weight excluding hydrogens is 284 g/mol. The standard InChI is InChI=1S/C16H18N2O4/c1-11-4-7-16(20)18(9-11)10-15(19)17-13-8-12(21-2)5-6-14(13)22-3/h4-9H,10H2,1-3H3,(H,17,19). The second-order valence-electron chi connectivity index (χ2n) is 4.79. The molecule has 0 saturated carbocycles. The van der Waals surface area contributed by atoms with Crippen LogP contribution in [-0.4, -0.2) is 24.7 Å². The van der Waals surface area contributed by atoms with Crippen molar-refractivity contribution < 1.29 is 14.3 Å². The van der Waals surface area contributed by atoms with Gasteiger partial charge in [-0.3, -0.25) is 9.59 Å². The molecule has 0 radical (unpaired) electrons. The van der Waals surface area contributed by atoms with E-state index in [0.29, 0.717) is 17.2 Å². The fourth-order valence-corrected chi connectivity index (χ4v) is 2.03. The van der Waals surface area contributed by atoms with Crippen molar-refractivity contribution in [1.82, 2.24) is 4.57 Å². The van der Waals surface area contributed by atoms with E-state index in [0.717, 1.165) is 5.56 Å². The maximum atomic E-state index is 12.1. The summed E-state index contributed by atoms with van der Waals surface area (Å²) in [5, 5.41) is 2.73. The smallest absolute Gasteiger partial charge is 0.251 e. The number of amides is 1. The van der Waals surface area contributed by atoms with Gasteiger partial charge in [-0.1, -0.05) is 6.07 Å². The Kier molecular flexibility index (Phi) is 4.83. The first-order valence-corrected chi connectivity index (χ1v) is 6.72. The number of ether oxygens (including phenoxy) is 2. The highest BCUT2D eigenvalue weighted by atomic mass is 16.5. The summed E-state index contributed by atoms with van der Waals surface area (Å²) in [4.78, 5) is 23.9. The van der Waals surface area contributed by atoms with Gasteiger partial charge in [-0.25, -0.2) is 0 Å². The zero-order chi connectivity index (χ0) is 16.1. The second-order valence-corrected chi connectivity index (χ2v) is 4.79. The van der Waals surface area contributed by atoms with Crippen molar-refractivity contribution in [1.29, 1.82) is 0 Å². The summed E-state index contributed by atoms with van der Waals surface area (Å²) in [5.74, 6) is 0.800. The number of nitrogens with zero attached hydrogens (tertiary/aromatic N) is 1. The molecule has 0 atom stereocenters. The van der Waals surface area contributed by atoms with Gasteiger partial charge in [0.05, 0.1) is 19.9 Å². The molecule has 1 aromatic carbocycles. The highest BCUT2D eigenvalue weighted by molar-refractivity contribution is 5.92. The van der Waals surface area contributed by atoms with E-state index in [-0.39, 0.29) is 18.0 Å². The van der Waals surface area contributed by atoms with Crippen LogP contribution in [0.15, 0.2) is 41.3 Å². The van der Waals surface area contributed by atoms with Gasteiger partial charge in [0.15, 0.2) is 0 Å². The van der Waals surface area contributed by atoms with Crippen molar-refractivity contribution in [3.05, 3.63) is 52.4 Å². The Bertz CT molecular complexity index is 737. The van der Waals surface area contributed by atoms with Crippen molar-refractivity contribution in [2.45, 2.75) is 13.5 Å². The number of carbonyl (C=O) groups is 1. The molecule has 0 unspecified atom stereocenters. The van der Waals surface area contributed by atoms with Crippen molar-refractivity contribution in [2.24, 2.45) is 0 Å². The van der Waals surface area contributed by atoms with Crippen LogP contribution in [-0.2, 0) is 11.3 Å². The molecule has 0 bridgehead atoms. The van der Waals surface area contributed by atoms with Crippen LogP contribution in [0, 0.1) is 6.92 Å². The van der Waals surface area contributed by atoms with E-state index in [2.05, 4.69) is 5.32 Å². The predicted molar refractivity (Wildman–Crippen MR) is 83.6 cm³/mol. The number of aryl methyl sites for hydroxylation is 1. The lowest BCUT2D eigenvalue weighted by Crippen LogP contribution is -2.27. The Morgan fingerprint density at radius 3 is 2.64 bits per heavy atom. The van der Waals surface area contributed by atoms with E-state index in [1.165, 1.54) is 17.7 Å². The average Bonchev–Trinajstić information content (AvgIpc) is 2.50. The molecule has 0 aliphatic rings. The van der Waals surface area contributed by atoms with Gasteiger partial charge in [-0.2, -0.15) is 0 Å². The average molecular weight is 302 g/mol. The van der Waals surface area contributed by atoms with E-state index < -0.39 is 0 Å². The number of pyridine rings is 1. The number of nitrogens with one attached hydrogen (secondary N) is 1. The molecule has 0 spiro atoms. The third-order valence-corrected chi connectivity index (χ3v) is 3.13. The van der Waals surface area contributed by atoms with Gasteiger partial charge in [0, 0.05) is 18.3 Å². The van der Waals surface area contributed by atoms with E-state index in [9.17, 15) is 9.59 Å². The van der Waals surface area contributed by atoms with E-state index in [4.69, 9.17) is 9.47 Å². The fourth-order valence-electron chi connectivity index (χ4n) is 2.03. The summed E-state index contributed by atoms with van der Waals surface area (Å²) in [5.41, 5.74) is 1.18. The molecule has 0 aliphatic carbocycles. The van der Waals surface area contributed by atoms with Crippen LogP contribution in [0.2, 0.25) is 0 Å². The van der Waals surface area contributed by atoms with Crippen LogP contribution in [0.1, 0.15) is 5.56 Å². The summed E-state index contributed by atoms with van der Waals surface area (Å²) >= 11 is 0. The molecule has 2 rings (SSSR count). The Hall–Kier alpha value is -2.76. The molecule has 6 nitrogen and oxygen atoms in total. The Morgan fingerprint density at radius 2 is 1.95 bits per heavy atom. The highest BCUT2D eigenvalue weighted by Crippen LogP contribution is 2.28. The summed E-state index contributed by atoms with van der Waals surface area (Å²) in [6.45, 7) is 1.79. The fraction of sp³-hybridized carbons (Fsp3) is 0.250. The lowest BCUT2D eigenvalue weighted by Gasteiger charge is -2.12. The second kappa shape index (κ2) is 6.80. The Balaban J connectivity index is 2.18. The largest absolute Gasteiger partial charge is 0.497 e. The monoisotopic (exact) mass is 302 g/mol. The van der Waals surface area contributed by atoms with Crippen molar-refractivity contribution >= 4 is 11.6 Å². The SMILES string of the molecule is COc1ccc(OC)c(NC(=O)Cn2cc(C)ccc2=O)c1. The minimum atomic E-state index is -0.320. The van der Waals surface area contributed by atoms with E-state index in [1.54, 1.807) is 37.6 Å². The van der Waals surface area contributed by atoms with Crippen molar-refractivity contribution in [3.8, 4) is 11.5 Å². The molecule has 1 aromatic heterocycles. The first kappa shape index (κ1) is 15.6. The summed E-state index contributed by atoms with van der Waals surface area (Å²) in [6.07, 6.45) is 1.64. The highest BCUT2D eigenvalue weighted by Gasteiger charge is 2.10. The van der Waals surface area contributed by atoms with Gasteiger partial charge >= 0.3 is 0 Å². The quantitative estimate of drug-likeness (QED) is 0.914. The molecule has 1 amide bonds. The first-order chi connectivity index (χ1) is 10.5. The van der Waals surface area contributed by atoms with Crippen LogP contribution >= 0.6 is 0 Å². The number of anilines is 1. The number of hydrogen-bond donors (Lipinski definition) is 1. The molecule has 0 saturated heterocycles. The van der Waals surface area contributed by atoms with Gasteiger partial charge in [-0.05, 0) is 24.6 Å². The summed E-state index contributed by atoms with van der Waals surface area (Å²) in [6, 6.07) is 8.25. The van der Waals surface area contributed by atoms with E-state index >= 15 is 0 Å². The topological polar surface area (TPSA) is 69.6 Å². The Morgan fingerprint density at radius 1 is 1.18 bits per heavy atom. The van der Waals surface area contributed by atoms with Gasteiger partial charge in [-0.15, -0.1) is 0 Å². The van der Waals surface area contributed by atoms with Crippen LogP contribution in [0.3, 0.4) is 0 Å². The summed E-state index contributed by atoms with van der Waals surface area (Å²) < 4.78 is 11.7. The summed E-state index contributed by atoms with van der Waals surface area (Å²) in [7, 11) is 3.06. The van der Waals surface area contributed by atoms with E-state index in [1.807, 2.05) is 6.92 Å². The lowest BCUT2D eigenvalue weighted by molar-refractivity contribution is -0.116. The maximum Gasteiger partial charge on any atom is 0.251 e. The molecule has 22 heavy (non-hydrogen) atoms. The zero-order valence-electron chi connectivity index (χ0n) is 12.8. The molecule has 0 aliphatic heterocycles. The van der Waals surface area contributed by atoms with Crippen molar-refractivity contribution in [2.75, 3.05) is 19.5 Å². The van der Waals surface area contributed by atoms with Gasteiger partial charge < -0.3 is 19.4 Å². The number of aromatic nitrogens is 1. The van der Waals surface area contributed by atoms with Crippen LogP contribution in [0.5, 0.6) is 11.5 Å². The number of methoxy groups -OCH3 is 2. The minimum absolute atomic E-state index is 0.0686. The van der Waals surface area contributed by atoms with Gasteiger partial charge in [0.1, 0.15) is 18.0 Å². The number of carbonyl (C=O) groups excluding carboxylic acids is 1. The first-order valence-electron chi connectivity index (χ1n) is 6.72. The minimum Gasteiger partial charge on any atom is -0.497 e. The van der Waals surface area contributed by atoms with Gasteiger partial charge in [0.2, 0.25) is 5.91 Å². The number of rotatable bonds is 5. The molecule has 6 heteroatoms. The van der Waals surface area contributed by atoms with Crippen LogP contribution < -0.4 is 20.3 Å². The third kappa shape index (κ3) is 3.66. The molecule has 1 N–H and O–H groups in total. The van der Waals surface area contributed by atoms with Crippen molar-refractivity contribution in [3.63, 3.8) is 0 Å². The normalized spacial score (nSPS) is 10.1. The molecular formula is C16H18N2O4. The third-order valence-electron chi connectivity index (χ3n) is 3.13. The van der Waals surface area contributed by atoms with Crippen LogP contribution in [0.4, 0.5) is 5.69 Å². The zero-order valence-corrected chi connectivity index (χ0v) is 12.8. The van der Waals surface area contributed by atoms with Crippen LogP contribution in [0.25, 0.3) is 0 Å².